The van der Waals surface area contributed by atoms with Crippen LogP contribution in [0.25, 0.3) is 0 Å². The zero-order valence-corrected chi connectivity index (χ0v) is 9.64. The van der Waals surface area contributed by atoms with Crippen LogP contribution in [0.1, 0.15) is 25.7 Å². The second-order valence-corrected chi connectivity index (χ2v) is 4.12. The lowest BCUT2D eigenvalue weighted by Crippen LogP contribution is -2.36. The molecule has 0 bridgehead atoms. The van der Waals surface area contributed by atoms with E-state index in [0.29, 0.717) is 6.42 Å². The van der Waals surface area contributed by atoms with Gasteiger partial charge in [-0.3, -0.25) is 9.59 Å². The van der Waals surface area contributed by atoms with Crippen LogP contribution in [0.15, 0.2) is 0 Å². The second kappa shape index (κ2) is 5.84. The minimum atomic E-state index is -1.10. The average molecular weight is 230 g/mol. The summed E-state index contributed by atoms with van der Waals surface area (Å²) >= 11 is 0. The Kier molecular flexibility index (Phi) is 4.73. The number of carboxylic acid groups (broad SMARTS) is 1. The number of esters is 1. The minimum absolute atomic E-state index is 0.0604. The van der Waals surface area contributed by atoms with Crippen molar-refractivity contribution in [3.8, 4) is 0 Å². The van der Waals surface area contributed by atoms with E-state index in [1.807, 2.05) is 0 Å². The first-order valence-corrected chi connectivity index (χ1v) is 5.43. The van der Waals surface area contributed by atoms with Crippen LogP contribution in [0.4, 0.5) is 0 Å². The topological polar surface area (TPSA) is 72.8 Å². The molecule has 1 aliphatic rings. The highest BCUT2D eigenvalue weighted by molar-refractivity contribution is 5.94. The monoisotopic (exact) mass is 230 g/mol. The number of rotatable bonds is 4. The van der Waals surface area contributed by atoms with E-state index in [1.165, 1.54) is 7.11 Å². The number of aliphatic carboxylic acids is 1. The Labute approximate surface area is 94.7 Å². The summed E-state index contributed by atoms with van der Waals surface area (Å²) in [6.45, 7) is 0. The van der Waals surface area contributed by atoms with Crippen molar-refractivity contribution >= 4 is 11.9 Å². The molecule has 0 aromatic heterocycles. The largest absolute Gasteiger partial charge is 0.481 e. The molecule has 1 rings (SSSR count). The lowest BCUT2D eigenvalue weighted by Gasteiger charge is -2.30. The van der Waals surface area contributed by atoms with E-state index in [-0.39, 0.29) is 12.0 Å². The van der Waals surface area contributed by atoms with E-state index in [4.69, 9.17) is 9.84 Å². The van der Waals surface area contributed by atoms with Crippen molar-refractivity contribution in [2.45, 2.75) is 31.8 Å². The van der Waals surface area contributed by atoms with Gasteiger partial charge in [-0.15, -0.1) is 0 Å². The Morgan fingerprint density at radius 2 is 2.00 bits per heavy atom. The number of ether oxygens (including phenoxy) is 2. The van der Waals surface area contributed by atoms with Gasteiger partial charge < -0.3 is 14.6 Å². The quantitative estimate of drug-likeness (QED) is 0.577. The van der Waals surface area contributed by atoms with E-state index in [0.717, 1.165) is 19.3 Å². The second-order valence-electron chi connectivity index (χ2n) is 4.12. The molecule has 0 heterocycles. The zero-order valence-electron chi connectivity index (χ0n) is 9.64. The SMILES string of the molecule is COC(=O)C(C(=O)O)C1CCCC(OC)C1. The molecule has 3 atom stereocenters. The van der Waals surface area contributed by atoms with Crippen molar-refractivity contribution in [1.82, 2.24) is 0 Å². The highest BCUT2D eigenvalue weighted by Crippen LogP contribution is 2.32. The van der Waals surface area contributed by atoms with Crippen LogP contribution in [-0.2, 0) is 19.1 Å². The maximum Gasteiger partial charge on any atom is 0.320 e. The standard InChI is InChI=1S/C11H18O5/c1-15-8-5-3-4-7(6-8)9(10(12)13)11(14)16-2/h7-9H,3-6H2,1-2H3,(H,12,13). The summed E-state index contributed by atoms with van der Waals surface area (Å²) in [5, 5.41) is 9.04. The van der Waals surface area contributed by atoms with Gasteiger partial charge in [0.1, 0.15) is 0 Å². The molecule has 1 saturated carbocycles. The van der Waals surface area contributed by atoms with Gasteiger partial charge in [-0.1, -0.05) is 6.42 Å². The highest BCUT2D eigenvalue weighted by atomic mass is 16.5. The third-order valence-electron chi connectivity index (χ3n) is 3.19. The molecule has 1 fully saturated rings. The first-order chi connectivity index (χ1) is 7.60. The summed E-state index contributed by atoms with van der Waals surface area (Å²) in [5.74, 6) is -2.99. The molecular weight excluding hydrogens is 212 g/mol. The van der Waals surface area contributed by atoms with Crippen LogP contribution in [0.5, 0.6) is 0 Å². The number of carbonyl (C=O) groups is 2. The molecule has 0 saturated heterocycles. The normalized spacial score (nSPS) is 27.1. The van der Waals surface area contributed by atoms with Gasteiger partial charge in [0.25, 0.3) is 0 Å². The molecule has 0 amide bonds. The van der Waals surface area contributed by atoms with Crippen molar-refractivity contribution in [3.63, 3.8) is 0 Å². The number of methoxy groups -OCH3 is 2. The molecule has 0 aliphatic heterocycles. The van der Waals surface area contributed by atoms with E-state index in [2.05, 4.69) is 4.74 Å². The minimum Gasteiger partial charge on any atom is -0.481 e. The predicted molar refractivity (Wildman–Crippen MR) is 55.9 cm³/mol. The number of hydrogen-bond acceptors (Lipinski definition) is 4. The number of carboxylic acids is 1. The Bertz CT molecular complexity index is 263. The van der Waals surface area contributed by atoms with Gasteiger partial charge in [0.2, 0.25) is 0 Å². The van der Waals surface area contributed by atoms with Crippen LogP contribution < -0.4 is 0 Å². The maximum atomic E-state index is 11.4. The van der Waals surface area contributed by atoms with Gasteiger partial charge in [-0.05, 0) is 25.2 Å². The fourth-order valence-electron chi connectivity index (χ4n) is 2.32. The molecule has 3 unspecified atom stereocenters. The van der Waals surface area contributed by atoms with Gasteiger partial charge in [-0.2, -0.15) is 0 Å². The first-order valence-electron chi connectivity index (χ1n) is 5.43. The van der Waals surface area contributed by atoms with Crippen LogP contribution in [0.2, 0.25) is 0 Å². The van der Waals surface area contributed by atoms with E-state index in [9.17, 15) is 9.59 Å². The summed E-state index contributed by atoms with van der Waals surface area (Å²) in [6, 6.07) is 0. The predicted octanol–water partition coefficient (Wildman–Crippen LogP) is 1.07. The van der Waals surface area contributed by atoms with Crippen molar-refractivity contribution in [2.75, 3.05) is 14.2 Å². The van der Waals surface area contributed by atoms with Crippen LogP contribution in [-0.4, -0.2) is 37.4 Å². The average Bonchev–Trinajstić information content (AvgIpc) is 2.29. The number of carbonyl (C=O) groups excluding carboxylic acids is 1. The molecule has 0 aromatic carbocycles. The van der Waals surface area contributed by atoms with E-state index in [1.54, 1.807) is 7.11 Å². The fraction of sp³-hybridized carbons (Fsp3) is 0.818. The van der Waals surface area contributed by atoms with Gasteiger partial charge in [-0.25, -0.2) is 0 Å². The summed E-state index contributed by atoms with van der Waals surface area (Å²) in [5.41, 5.74) is 0. The van der Waals surface area contributed by atoms with Crippen molar-refractivity contribution in [1.29, 1.82) is 0 Å². The molecule has 0 radical (unpaired) electrons. The van der Waals surface area contributed by atoms with Gasteiger partial charge >= 0.3 is 11.9 Å². The van der Waals surface area contributed by atoms with Crippen LogP contribution in [0.3, 0.4) is 0 Å². The molecule has 1 N–H and O–H groups in total. The molecule has 1 aliphatic carbocycles. The summed E-state index contributed by atoms with van der Waals surface area (Å²) in [6.07, 6.45) is 3.24. The molecule has 92 valence electrons. The lowest BCUT2D eigenvalue weighted by molar-refractivity contribution is -0.160. The third kappa shape index (κ3) is 2.95. The molecule has 5 heteroatoms. The smallest absolute Gasteiger partial charge is 0.320 e. The number of hydrogen-bond donors (Lipinski definition) is 1. The van der Waals surface area contributed by atoms with Gasteiger partial charge in [0, 0.05) is 7.11 Å². The van der Waals surface area contributed by atoms with Crippen molar-refractivity contribution in [2.24, 2.45) is 11.8 Å². The van der Waals surface area contributed by atoms with Crippen molar-refractivity contribution < 1.29 is 24.2 Å². The zero-order chi connectivity index (χ0) is 12.1. The third-order valence-corrected chi connectivity index (χ3v) is 3.19. The van der Waals surface area contributed by atoms with Gasteiger partial charge in [0.15, 0.2) is 5.92 Å². The molecule has 16 heavy (non-hydrogen) atoms. The van der Waals surface area contributed by atoms with Crippen LogP contribution >= 0.6 is 0 Å². The summed E-state index contributed by atoms with van der Waals surface area (Å²) in [4.78, 5) is 22.5. The molecule has 0 aromatic rings. The summed E-state index contributed by atoms with van der Waals surface area (Å²) in [7, 11) is 2.83. The van der Waals surface area contributed by atoms with Crippen molar-refractivity contribution in [3.05, 3.63) is 0 Å². The summed E-state index contributed by atoms with van der Waals surface area (Å²) < 4.78 is 9.75. The fourth-order valence-corrected chi connectivity index (χ4v) is 2.32. The maximum absolute atomic E-state index is 11.4. The first kappa shape index (κ1) is 13.0. The Morgan fingerprint density at radius 3 is 2.50 bits per heavy atom. The molecular formula is C11H18O5. The Morgan fingerprint density at radius 1 is 1.31 bits per heavy atom. The van der Waals surface area contributed by atoms with Crippen LogP contribution in [0, 0.1) is 11.8 Å². The molecule has 5 nitrogen and oxygen atoms in total. The van der Waals surface area contributed by atoms with E-state index < -0.39 is 17.9 Å². The van der Waals surface area contributed by atoms with Gasteiger partial charge in [0.05, 0.1) is 13.2 Å². The van der Waals surface area contributed by atoms with E-state index >= 15 is 0 Å². The molecule has 0 spiro atoms. The highest BCUT2D eigenvalue weighted by Gasteiger charge is 2.38. The lowest BCUT2D eigenvalue weighted by atomic mass is 9.78. The Hall–Kier alpha value is -1.10. The Balaban J connectivity index is 2.70.